The van der Waals surface area contributed by atoms with E-state index in [4.69, 9.17) is 5.73 Å². The summed E-state index contributed by atoms with van der Waals surface area (Å²) in [5.74, 6) is -0.570. The molecule has 2 aromatic rings. The second-order valence-corrected chi connectivity index (χ2v) is 6.41. The van der Waals surface area contributed by atoms with Gasteiger partial charge in [-0.05, 0) is 31.4 Å². The first-order valence-electron chi connectivity index (χ1n) is 7.24. The monoisotopic (exact) mass is 330 g/mol. The highest BCUT2D eigenvalue weighted by Gasteiger charge is 2.42. The van der Waals surface area contributed by atoms with Gasteiger partial charge in [-0.1, -0.05) is 6.07 Å². The minimum atomic E-state index is -0.561. The number of aryl methyl sites for hydroxylation is 2. The summed E-state index contributed by atoms with van der Waals surface area (Å²) in [7, 11) is 1.73. The molecule has 1 aromatic carbocycles. The number of amides is 2. The summed E-state index contributed by atoms with van der Waals surface area (Å²) in [6.07, 6.45) is 2.08. The van der Waals surface area contributed by atoms with Crippen LogP contribution in [0, 0.1) is 6.92 Å². The van der Waals surface area contributed by atoms with Crippen molar-refractivity contribution in [1.29, 1.82) is 0 Å². The first kappa shape index (κ1) is 15.6. The molecule has 0 radical (unpaired) electrons. The molecule has 1 atom stereocenters. The van der Waals surface area contributed by atoms with Crippen molar-refractivity contribution in [3.63, 3.8) is 0 Å². The lowest BCUT2D eigenvalue weighted by Gasteiger charge is -2.16. The Morgan fingerprint density at radius 3 is 2.70 bits per heavy atom. The summed E-state index contributed by atoms with van der Waals surface area (Å²) in [5, 5.41) is 4.25. The summed E-state index contributed by atoms with van der Waals surface area (Å²) >= 11 is 1.57. The first-order chi connectivity index (χ1) is 10.9. The summed E-state index contributed by atoms with van der Waals surface area (Å²) in [4.78, 5) is 27.5. The minimum absolute atomic E-state index is 0.124. The number of aromatic nitrogens is 2. The lowest BCUT2D eigenvalue weighted by molar-refractivity contribution is -0.121. The Balaban J connectivity index is 2.00. The van der Waals surface area contributed by atoms with Crippen LogP contribution in [0.2, 0.25) is 0 Å². The zero-order valence-corrected chi connectivity index (χ0v) is 14.1. The highest BCUT2D eigenvalue weighted by molar-refractivity contribution is 7.98. The van der Waals surface area contributed by atoms with Gasteiger partial charge in [0.2, 0.25) is 11.8 Å². The summed E-state index contributed by atoms with van der Waals surface area (Å²) < 4.78 is 1.54. The van der Waals surface area contributed by atoms with Gasteiger partial charge in [-0.2, -0.15) is 5.10 Å². The van der Waals surface area contributed by atoms with Gasteiger partial charge >= 0.3 is 0 Å². The predicted molar refractivity (Wildman–Crippen MR) is 90.4 cm³/mol. The molecule has 0 saturated carbocycles. The number of benzene rings is 1. The number of hydrogen-bond donors (Lipinski definition) is 1. The van der Waals surface area contributed by atoms with Crippen molar-refractivity contribution in [2.24, 2.45) is 7.05 Å². The van der Waals surface area contributed by atoms with E-state index in [1.807, 2.05) is 24.5 Å². The van der Waals surface area contributed by atoms with E-state index in [2.05, 4.69) is 5.10 Å². The van der Waals surface area contributed by atoms with Crippen LogP contribution in [0.4, 0.5) is 11.5 Å². The molecule has 6 nitrogen and oxygen atoms in total. The van der Waals surface area contributed by atoms with Crippen LogP contribution in [-0.4, -0.2) is 27.9 Å². The number of hydrogen-bond acceptors (Lipinski definition) is 5. The van der Waals surface area contributed by atoms with Crippen LogP contribution in [0.3, 0.4) is 0 Å². The van der Waals surface area contributed by atoms with Crippen molar-refractivity contribution in [1.82, 2.24) is 9.78 Å². The van der Waals surface area contributed by atoms with Gasteiger partial charge in [-0.25, -0.2) is 4.90 Å². The van der Waals surface area contributed by atoms with Crippen LogP contribution in [0.15, 0.2) is 29.2 Å². The fraction of sp³-hybridized carbons (Fsp3) is 0.312. The summed E-state index contributed by atoms with van der Waals surface area (Å²) in [5.41, 5.74) is 7.99. The number of nitrogens with two attached hydrogens (primary N) is 1. The van der Waals surface area contributed by atoms with E-state index in [0.717, 1.165) is 4.90 Å². The van der Waals surface area contributed by atoms with Gasteiger partial charge in [0.05, 0.1) is 17.3 Å². The zero-order chi connectivity index (χ0) is 16.7. The van der Waals surface area contributed by atoms with E-state index in [-0.39, 0.29) is 18.2 Å². The Morgan fingerprint density at radius 2 is 2.09 bits per heavy atom. The number of nitrogen functional groups attached to an aromatic ring is 1. The van der Waals surface area contributed by atoms with Crippen molar-refractivity contribution in [3.8, 4) is 0 Å². The third kappa shape index (κ3) is 2.50. The second-order valence-electron chi connectivity index (χ2n) is 5.53. The topological polar surface area (TPSA) is 81.2 Å². The molecular weight excluding hydrogens is 312 g/mol. The largest absolute Gasteiger partial charge is 0.384 e. The van der Waals surface area contributed by atoms with E-state index < -0.39 is 5.92 Å². The molecule has 3 rings (SSSR count). The highest BCUT2D eigenvalue weighted by atomic mass is 32.2. The molecule has 1 saturated heterocycles. The number of rotatable bonds is 3. The number of imide groups is 1. The Kier molecular flexibility index (Phi) is 3.89. The number of nitrogens with zero attached hydrogens (tertiary/aromatic N) is 3. The van der Waals surface area contributed by atoms with Gasteiger partial charge in [0, 0.05) is 23.9 Å². The second kappa shape index (κ2) is 5.73. The Bertz CT molecular complexity index is 799. The molecule has 1 fully saturated rings. The van der Waals surface area contributed by atoms with E-state index in [0.29, 0.717) is 22.8 Å². The first-order valence-corrected chi connectivity index (χ1v) is 8.46. The van der Waals surface area contributed by atoms with E-state index in [1.165, 1.54) is 4.90 Å². The molecule has 0 spiro atoms. The van der Waals surface area contributed by atoms with Gasteiger partial charge in [0.1, 0.15) is 5.82 Å². The van der Waals surface area contributed by atoms with Crippen LogP contribution in [0.1, 0.15) is 23.6 Å². The molecule has 2 amide bonds. The van der Waals surface area contributed by atoms with E-state index in [1.54, 1.807) is 36.5 Å². The smallest absolute Gasteiger partial charge is 0.242 e. The van der Waals surface area contributed by atoms with Crippen molar-refractivity contribution in [2.45, 2.75) is 24.2 Å². The zero-order valence-electron chi connectivity index (χ0n) is 13.2. The van der Waals surface area contributed by atoms with Gasteiger partial charge < -0.3 is 5.73 Å². The standard InChI is InChI=1S/C16H18N4O2S/c1-9-14(15(17)19(2)18-9)12-8-13(21)20(16(12)22)10-5-4-6-11(7-10)23-3/h4-7,12H,8,17H2,1-3H3/t12-/m0/s1. The van der Waals surface area contributed by atoms with Crippen LogP contribution >= 0.6 is 11.8 Å². The number of thioether (sulfide) groups is 1. The molecule has 2 N–H and O–H groups in total. The van der Waals surface area contributed by atoms with Crippen LogP contribution in [0.5, 0.6) is 0 Å². The predicted octanol–water partition coefficient (Wildman–Crippen LogP) is 2.08. The fourth-order valence-corrected chi connectivity index (χ4v) is 3.45. The molecule has 23 heavy (non-hydrogen) atoms. The van der Waals surface area contributed by atoms with Crippen molar-refractivity contribution < 1.29 is 9.59 Å². The highest BCUT2D eigenvalue weighted by Crippen LogP contribution is 2.37. The SMILES string of the molecule is CSc1cccc(N2C(=O)C[C@@H](c3c(C)nn(C)c3N)C2=O)c1. The van der Waals surface area contributed by atoms with Gasteiger partial charge in [0.15, 0.2) is 0 Å². The Morgan fingerprint density at radius 1 is 1.35 bits per heavy atom. The molecule has 1 aromatic heterocycles. The Labute approximate surface area is 138 Å². The summed E-state index contributed by atoms with van der Waals surface area (Å²) in [6.45, 7) is 1.81. The molecule has 120 valence electrons. The molecular formula is C16H18N4O2S. The quantitative estimate of drug-likeness (QED) is 0.688. The molecule has 2 heterocycles. The lowest BCUT2D eigenvalue weighted by atomic mass is 9.97. The maximum atomic E-state index is 12.8. The molecule has 1 aliphatic heterocycles. The van der Waals surface area contributed by atoms with Crippen LogP contribution in [0.25, 0.3) is 0 Å². The average molecular weight is 330 g/mol. The fourth-order valence-electron chi connectivity index (χ4n) is 3.00. The number of carbonyl (C=O) groups is 2. The van der Waals surface area contributed by atoms with E-state index >= 15 is 0 Å². The number of carbonyl (C=O) groups excluding carboxylic acids is 2. The Hall–Kier alpha value is -2.28. The van der Waals surface area contributed by atoms with Crippen LogP contribution < -0.4 is 10.6 Å². The molecule has 0 aliphatic carbocycles. The maximum absolute atomic E-state index is 12.8. The van der Waals surface area contributed by atoms with Gasteiger partial charge in [-0.15, -0.1) is 11.8 Å². The third-order valence-corrected chi connectivity index (χ3v) is 4.85. The third-order valence-electron chi connectivity index (χ3n) is 4.12. The minimum Gasteiger partial charge on any atom is -0.384 e. The molecule has 0 bridgehead atoms. The normalized spacial score (nSPS) is 18.0. The van der Waals surface area contributed by atoms with Crippen molar-refractivity contribution in [2.75, 3.05) is 16.9 Å². The van der Waals surface area contributed by atoms with E-state index in [9.17, 15) is 9.59 Å². The maximum Gasteiger partial charge on any atom is 0.242 e. The summed E-state index contributed by atoms with van der Waals surface area (Å²) in [6, 6.07) is 7.42. The number of anilines is 2. The molecule has 7 heteroatoms. The lowest BCUT2D eigenvalue weighted by Crippen LogP contribution is -2.30. The van der Waals surface area contributed by atoms with Crippen molar-refractivity contribution in [3.05, 3.63) is 35.5 Å². The molecule has 1 aliphatic rings. The van der Waals surface area contributed by atoms with Crippen molar-refractivity contribution >= 4 is 35.1 Å². The van der Waals surface area contributed by atoms with Crippen LogP contribution in [-0.2, 0) is 16.6 Å². The van der Waals surface area contributed by atoms with Gasteiger partial charge in [0.25, 0.3) is 0 Å². The molecule has 0 unspecified atom stereocenters. The van der Waals surface area contributed by atoms with Gasteiger partial charge in [-0.3, -0.25) is 14.3 Å². The average Bonchev–Trinajstić information content (AvgIpc) is 2.95.